The number of para-hydroxylation sites is 1. The molecule has 2 aromatic carbocycles. The van der Waals surface area contributed by atoms with Crippen molar-refractivity contribution in [2.75, 3.05) is 5.32 Å². The van der Waals surface area contributed by atoms with E-state index in [9.17, 15) is 14.4 Å². The first-order valence-corrected chi connectivity index (χ1v) is 13.6. The number of benzene rings is 2. The van der Waals surface area contributed by atoms with Gasteiger partial charge in [-0.1, -0.05) is 55.8 Å². The van der Waals surface area contributed by atoms with Crippen LogP contribution in [-0.2, 0) is 14.3 Å². The molecule has 0 aliphatic rings. The van der Waals surface area contributed by atoms with Crippen LogP contribution in [0.2, 0.25) is 0 Å². The second-order valence-corrected chi connectivity index (χ2v) is 12.8. The molecular weight excluding hydrogens is 490 g/mol. The molecule has 0 bridgehead atoms. The van der Waals surface area contributed by atoms with E-state index in [2.05, 4.69) is 10.6 Å². The Morgan fingerprint density at radius 1 is 0.846 bits per heavy atom. The van der Waals surface area contributed by atoms with Crippen molar-refractivity contribution in [3.05, 3.63) is 64.2 Å². The first-order chi connectivity index (χ1) is 17.8. The topological polar surface area (TPSA) is 87.7 Å². The number of carbonyl (C=O) groups is 3. The highest BCUT2D eigenvalue weighted by Crippen LogP contribution is 2.34. The number of ether oxygens (including phenoxy) is 1. The van der Waals surface area contributed by atoms with Gasteiger partial charge in [-0.3, -0.25) is 9.59 Å². The molecule has 0 aliphatic carbocycles. The van der Waals surface area contributed by atoms with Gasteiger partial charge in [0, 0.05) is 11.2 Å². The minimum atomic E-state index is -0.946. The van der Waals surface area contributed by atoms with Crippen LogP contribution in [0.15, 0.2) is 36.4 Å². The molecule has 0 saturated heterocycles. The van der Waals surface area contributed by atoms with E-state index in [1.165, 1.54) is 0 Å². The van der Waals surface area contributed by atoms with Gasteiger partial charge >= 0.3 is 6.09 Å². The third-order valence-corrected chi connectivity index (χ3v) is 6.53. The fourth-order valence-corrected chi connectivity index (χ4v) is 4.60. The highest BCUT2D eigenvalue weighted by Gasteiger charge is 2.43. The molecule has 0 saturated carbocycles. The van der Waals surface area contributed by atoms with Crippen LogP contribution < -0.4 is 10.6 Å². The summed E-state index contributed by atoms with van der Waals surface area (Å²) in [6, 6.07) is 9.91. The van der Waals surface area contributed by atoms with Gasteiger partial charge in [-0.05, 0) is 97.4 Å². The van der Waals surface area contributed by atoms with Crippen molar-refractivity contribution in [3.8, 4) is 0 Å². The number of carbonyl (C=O) groups excluding carboxylic acids is 3. The molecule has 39 heavy (non-hydrogen) atoms. The summed E-state index contributed by atoms with van der Waals surface area (Å²) in [5.74, 6) is -0.925. The minimum Gasteiger partial charge on any atom is -0.444 e. The van der Waals surface area contributed by atoms with E-state index in [0.717, 1.165) is 33.5 Å². The molecule has 7 heteroatoms. The van der Waals surface area contributed by atoms with Gasteiger partial charge in [0.15, 0.2) is 0 Å². The predicted molar refractivity (Wildman–Crippen MR) is 158 cm³/mol. The van der Waals surface area contributed by atoms with E-state index in [0.29, 0.717) is 0 Å². The molecule has 2 N–H and O–H groups in total. The maximum absolute atomic E-state index is 14.4. The molecule has 0 heterocycles. The summed E-state index contributed by atoms with van der Waals surface area (Å²) in [4.78, 5) is 43.0. The Labute approximate surface area is 234 Å². The molecule has 3 amide bonds. The van der Waals surface area contributed by atoms with Crippen molar-refractivity contribution in [1.29, 1.82) is 0 Å². The highest BCUT2D eigenvalue weighted by molar-refractivity contribution is 6.00. The lowest BCUT2D eigenvalue weighted by molar-refractivity contribution is -0.147. The Kier molecular flexibility index (Phi) is 9.99. The Balaban J connectivity index is 2.69. The van der Waals surface area contributed by atoms with Gasteiger partial charge in [-0.15, -0.1) is 0 Å². The molecule has 0 aliphatic heterocycles. The number of nitrogens with zero attached hydrogens (tertiary/aromatic N) is 1. The van der Waals surface area contributed by atoms with Gasteiger partial charge < -0.3 is 20.3 Å². The van der Waals surface area contributed by atoms with E-state index >= 15 is 0 Å². The van der Waals surface area contributed by atoms with E-state index < -0.39 is 29.3 Å². The third kappa shape index (κ3) is 8.32. The molecular formula is C32H47N3O4. The SMILES string of the molecule is Cc1ccc(C)c(C(C(=O)Nc2c(C)cccc2C)N(C(=O)C(NC(=O)OC(C)(C)C)C(C)C)C(C)(C)C)c1. The van der Waals surface area contributed by atoms with Gasteiger partial charge in [-0.25, -0.2) is 4.79 Å². The molecule has 0 fully saturated rings. The van der Waals surface area contributed by atoms with Crippen molar-refractivity contribution < 1.29 is 19.1 Å². The van der Waals surface area contributed by atoms with E-state index in [1.54, 1.807) is 25.7 Å². The number of aryl methyl sites for hydroxylation is 4. The molecule has 2 aromatic rings. The summed E-state index contributed by atoms with van der Waals surface area (Å²) in [6.45, 7) is 22.6. The second kappa shape index (κ2) is 12.2. The van der Waals surface area contributed by atoms with Crippen LogP contribution in [0.3, 0.4) is 0 Å². The lowest BCUT2D eigenvalue weighted by Gasteiger charge is -2.44. The molecule has 214 valence electrons. The maximum atomic E-state index is 14.4. The third-order valence-electron chi connectivity index (χ3n) is 6.53. The Morgan fingerprint density at radius 2 is 1.41 bits per heavy atom. The Morgan fingerprint density at radius 3 is 1.90 bits per heavy atom. The van der Waals surface area contributed by atoms with Crippen molar-refractivity contribution >= 4 is 23.6 Å². The molecule has 0 radical (unpaired) electrons. The average Bonchev–Trinajstić information content (AvgIpc) is 2.77. The highest BCUT2D eigenvalue weighted by atomic mass is 16.6. The summed E-state index contributed by atoms with van der Waals surface area (Å²) >= 11 is 0. The van der Waals surface area contributed by atoms with Crippen LogP contribution in [0.25, 0.3) is 0 Å². The monoisotopic (exact) mass is 537 g/mol. The van der Waals surface area contributed by atoms with E-state index in [1.807, 2.05) is 98.7 Å². The number of anilines is 1. The molecule has 2 rings (SSSR count). The van der Waals surface area contributed by atoms with Crippen molar-refractivity contribution in [1.82, 2.24) is 10.2 Å². The molecule has 2 unspecified atom stereocenters. The number of amides is 3. The summed E-state index contributed by atoms with van der Waals surface area (Å²) in [5, 5.41) is 5.91. The summed E-state index contributed by atoms with van der Waals surface area (Å²) < 4.78 is 5.47. The average molecular weight is 538 g/mol. The zero-order chi connectivity index (χ0) is 29.9. The number of rotatable bonds is 7. The van der Waals surface area contributed by atoms with Crippen LogP contribution in [0, 0.1) is 33.6 Å². The fraction of sp³-hybridized carbons (Fsp3) is 0.531. The van der Waals surface area contributed by atoms with Gasteiger partial charge in [0.25, 0.3) is 5.91 Å². The van der Waals surface area contributed by atoms with Gasteiger partial charge in [0.2, 0.25) is 5.91 Å². The van der Waals surface area contributed by atoms with Gasteiger partial charge in [-0.2, -0.15) is 0 Å². The van der Waals surface area contributed by atoms with Gasteiger partial charge in [0.1, 0.15) is 17.7 Å². The lowest BCUT2D eigenvalue weighted by Crippen LogP contribution is -2.59. The smallest absolute Gasteiger partial charge is 0.408 e. The molecule has 0 spiro atoms. The standard InChI is InChI=1S/C32H47N3O4/c1-19(2)25(34-30(38)39-32(10,11)12)29(37)35(31(7,8)9)27(24-18-20(3)16-17-21(24)4)28(36)33-26-22(5)14-13-15-23(26)6/h13-19,25,27H,1-12H3,(H,33,36)(H,34,38). The van der Waals surface area contributed by atoms with E-state index in [-0.39, 0.29) is 17.7 Å². The fourth-order valence-electron chi connectivity index (χ4n) is 4.60. The lowest BCUT2D eigenvalue weighted by atomic mass is 9.90. The Bertz CT molecular complexity index is 1180. The zero-order valence-electron chi connectivity index (χ0n) is 25.8. The van der Waals surface area contributed by atoms with Crippen LogP contribution in [-0.4, -0.2) is 40.0 Å². The first-order valence-electron chi connectivity index (χ1n) is 13.6. The van der Waals surface area contributed by atoms with Gasteiger partial charge in [0.05, 0.1) is 0 Å². The van der Waals surface area contributed by atoms with Crippen LogP contribution in [0.1, 0.15) is 89.2 Å². The van der Waals surface area contributed by atoms with Crippen molar-refractivity contribution in [2.24, 2.45) is 5.92 Å². The van der Waals surface area contributed by atoms with Crippen LogP contribution in [0.5, 0.6) is 0 Å². The zero-order valence-corrected chi connectivity index (χ0v) is 25.8. The van der Waals surface area contributed by atoms with Crippen LogP contribution in [0.4, 0.5) is 10.5 Å². The minimum absolute atomic E-state index is 0.254. The Hall–Kier alpha value is -3.35. The molecule has 0 aromatic heterocycles. The van der Waals surface area contributed by atoms with Crippen molar-refractivity contribution in [3.63, 3.8) is 0 Å². The number of nitrogens with one attached hydrogen (secondary N) is 2. The van der Waals surface area contributed by atoms with Crippen LogP contribution >= 0.6 is 0 Å². The quantitative estimate of drug-likeness (QED) is 0.408. The van der Waals surface area contributed by atoms with E-state index in [4.69, 9.17) is 4.74 Å². The van der Waals surface area contributed by atoms with Crippen molar-refractivity contribution in [2.45, 2.75) is 106 Å². The normalized spacial score (nSPS) is 13.5. The number of hydrogen-bond acceptors (Lipinski definition) is 4. The summed E-state index contributed by atoms with van der Waals surface area (Å²) in [6.07, 6.45) is -0.674. The second-order valence-electron chi connectivity index (χ2n) is 12.8. The molecule has 7 nitrogen and oxygen atoms in total. The summed E-state index contributed by atoms with van der Waals surface area (Å²) in [5.41, 5.74) is 3.73. The number of alkyl carbamates (subject to hydrolysis) is 1. The summed E-state index contributed by atoms with van der Waals surface area (Å²) in [7, 11) is 0. The first kappa shape index (κ1) is 31.9. The number of hydrogen-bond donors (Lipinski definition) is 2. The largest absolute Gasteiger partial charge is 0.444 e. The predicted octanol–water partition coefficient (Wildman–Crippen LogP) is 6.78. The molecule has 2 atom stereocenters. The maximum Gasteiger partial charge on any atom is 0.408 e.